The van der Waals surface area contributed by atoms with Crippen molar-refractivity contribution in [1.82, 2.24) is 5.34 Å². The van der Waals surface area contributed by atoms with Gasteiger partial charge in [-0.05, 0) is 20.3 Å². The van der Waals surface area contributed by atoms with Crippen molar-refractivity contribution in [2.24, 2.45) is 5.41 Å². The zero-order valence-electron chi connectivity index (χ0n) is 10.4. The number of carbonyl (C=O) groups excluding carboxylic acids is 1. The summed E-state index contributed by atoms with van der Waals surface area (Å²) in [6.07, 6.45) is 1.16. The molecule has 0 saturated carbocycles. The van der Waals surface area contributed by atoms with E-state index in [2.05, 4.69) is 4.74 Å². The first-order valence-corrected chi connectivity index (χ1v) is 5.33. The molecule has 1 N–H and O–H groups in total. The number of aliphatic carboxylic acids is 1. The molecule has 0 unspecified atom stereocenters. The van der Waals surface area contributed by atoms with Gasteiger partial charge in [0.25, 0.3) is 0 Å². The highest BCUT2D eigenvalue weighted by atomic mass is 19.4. The lowest BCUT2D eigenvalue weighted by Crippen LogP contribution is -2.58. The Labute approximate surface area is 102 Å². The van der Waals surface area contributed by atoms with Crippen LogP contribution in [0.2, 0.25) is 0 Å². The first-order chi connectivity index (χ1) is 8.12. The fraction of sp³-hybridized carbons (Fsp3) is 0.800. The fourth-order valence-electron chi connectivity index (χ4n) is 1.18. The normalized spacial score (nSPS) is 15.3. The molecule has 0 saturated heterocycles. The zero-order chi connectivity index (χ0) is 14.6. The van der Waals surface area contributed by atoms with Crippen LogP contribution in [0.1, 0.15) is 33.6 Å². The van der Waals surface area contributed by atoms with Crippen LogP contribution in [-0.4, -0.2) is 34.8 Å². The van der Waals surface area contributed by atoms with Crippen molar-refractivity contribution in [2.45, 2.75) is 39.4 Å². The molecule has 0 bridgehead atoms. The van der Waals surface area contributed by atoms with Crippen LogP contribution in [0, 0.1) is 5.41 Å². The van der Waals surface area contributed by atoms with E-state index in [1.165, 1.54) is 0 Å². The molecule has 0 amide bonds. The molecular formula is C10H16F3NO4. The van der Waals surface area contributed by atoms with E-state index >= 15 is 0 Å². The van der Waals surface area contributed by atoms with Gasteiger partial charge in [0, 0.05) is 0 Å². The number of carboxylic acid groups (broad SMARTS) is 1. The summed E-state index contributed by atoms with van der Waals surface area (Å²) in [7, 11) is 0. The summed E-state index contributed by atoms with van der Waals surface area (Å²) in [5.74, 6) is -7.93. The Bertz CT molecular complexity index is 322. The van der Waals surface area contributed by atoms with Crippen LogP contribution >= 0.6 is 0 Å². The van der Waals surface area contributed by atoms with Gasteiger partial charge in [-0.25, -0.2) is 9.18 Å². The maximum absolute atomic E-state index is 13.9. The van der Waals surface area contributed by atoms with Crippen LogP contribution in [0.15, 0.2) is 0 Å². The van der Waals surface area contributed by atoms with Crippen molar-refractivity contribution < 1.29 is 32.8 Å². The van der Waals surface area contributed by atoms with Crippen LogP contribution in [0.3, 0.4) is 0 Å². The van der Waals surface area contributed by atoms with Crippen molar-refractivity contribution in [3.63, 3.8) is 0 Å². The summed E-state index contributed by atoms with van der Waals surface area (Å²) in [6, 6.07) is 0. The Hall–Kier alpha value is -1.31. The molecule has 18 heavy (non-hydrogen) atoms. The Balaban J connectivity index is 5.07. The van der Waals surface area contributed by atoms with Crippen molar-refractivity contribution in [3.05, 3.63) is 0 Å². The number of ether oxygens (including phenoxy) is 1. The summed E-state index contributed by atoms with van der Waals surface area (Å²) < 4.78 is 43.3. The summed E-state index contributed by atoms with van der Waals surface area (Å²) in [5, 5.41) is 6.43. The number of hydrogen-bond acceptors (Lipinski definition) is 4. The SMILES string of the molecule is CCCCOC(=O)C(C)(C)[C@@](F)(C(=O)O)N(F)F. The molecule has 1 atom stereocenters. The maximum Gasteiger partial charge on any atom is 0.363 e. The van der Waals surface area contributed by atoms with Crippen LogP contribution in [0.25, 0.3) is 0 Å². The molecule has 0 aromatic carbocycles. The molecule has 0 spiro atoms. The number of rotatable bonds is 7. The van der Waals surface area contributed by atoms with Crippen LogP contribution in [-0.2, 0) is 14.3 Å². The van der Waals surface area contributed by atoms with E-state index < -0.39 is 28.5 Å². The molecule has 0 aliphatic carbocycles. The van der Waals surface area contributed by atoms with Gasteiger partial charge < -0.3 is 9.84 Å². The minimum absolute atomic E-state index is 0.0764. The summed E-state index contributed by atoms with van der Waals surface area (Å²) in [5.41, 5.74) is -2.55. The monoisotopic (exact) mass is 271 g/mol. The lowest BCUT2D eigenvalue weighted by atomic mass is 9.82. The van der Waals surface area contributed by atoms with E-state index in [1.54, 1.807) is 6.92 Å². The topological polar surface area (TPSA) is 66.8 Å². The molecule has 5 nitrogen and oxygen atoms in total. The number of carboxylic acids is 1. The minimum atomic E-state index is -4.14. The lowest BCUT2D eigenvalue weighted by Gasteiger charge is -2.33. The van der Waals surface area contributed by atoms with Crippen molar-refractivity contribution >= 4 is 11.9 Å². The van der Waals surface area contributed by atoms with Gasteiger partial charge in [0.05, 0.1) is 12.0 Å². The van der Waals surface area contributed by atoms with E-state index in [4.69, 9.17) is 5.11 Å². The number of esters is 1. The predicted molar refractivity (Wildman–Crippen MR) is 55.2 cm³/mol. The number of halogens is 3. The van der Waals surface area contributed by atoms with Gasteiger partial charge in [0.1, 0.15) is 5.41 Å². The van der Waals surface area contributed by atoms with Gasteiger partial charge in [0.2, 0.25) is 0 Å². The molecule has 8 heteroatoms. The molecule has 0 aliphatic rings. The summed E-state index contributed by atoms with van der Waals surface area (Å²) >= 11 is 0. The molecule has 0 rings (SSSR count). The van der Waals surface area contributed by atoms with Gasteiger partial charge in [-0.15, -0.1) is 0 Å². The summed E-state index contributed by atoms with van der Waals surface area (Å²) in [4.78, 5) is 22.1. The van der Waals surface area contributed by atoms with Gasteiger partial charge in [-0.3, -0.25) is 4.79 Å². The highest BCUT2D eigenvalue weighted by molar-refractivity contribution is 5.88. The first kappa shape index (κ1) is 16.7. The van der Waals surface area contributed by atoms with Crippen LogP contribution in [0.4, 0.5) is 13.4 Å². The standard InChI is InChI=1S/C10H16F3NO4/c1-4-5-6-18-8(17)9(2,3)10(11,7(15)16)14(12)13/h4-6H2,1-3H3,(H,15,16)/t10-/m1/s1. The molecule has 0 aliphatic heterocycles. The van der Waals surface area contributed by atoms with Crippen molar-refractivity contribution in [2.75, 3.05) is 6.61 Å². The number of nitrogens with zero attached hydrogens (tertiary/aromatic N) is 1. The highest BCUT2D eigenvalue weighted by Gasteiger charge is 2.64. The Kier molecular flexibility index (Phi) is 5.59. The van der Waals surface area contributed by atoms with Gasteiger partial charge in [0.15, 0.2) is 0 Å². The number of unbranched alkanes of at least 4 members (excludes halogenated alkanes) is 1. The van der Waals surface area contributed by atoms with Gasteiger partial charge in [-0.1, -0.05) is 22.3 Å². The van der Waals surface area contributed by atoms with E-state index in [-0.39, 0.29) is 6.61 Å². The first-order valence-electron chi connectivity index (χ1n) is 5.33. The molecule has 0 aromatic heterocycles. The second-order valence-electron chi connectivity index (χ2n) is 4.27. The zero-order valence-corrected chi connectivity index (χ0v) is 10.4. The third-order valence-electron chi connectivity index (χ3n) is 2.59. The third kappa shape index (κ3) is 2.92. The smallest absolute Gasteiger partial charge is 0.363 e. The van der Waals surface area contributed by atoms with Crippen molar-refractivity contribution in [1.29, 1.82) is 0 Å². The highest BCUT2D eigenvalue weighted by Crippen LogP contribution is 2.40. The van der Waals surface area contributed by atoms with Gasteiger partial charge >= 0.3 is 17.7 Å². The molecule has 0 aromatic rings. The second-order valence-corrected chi connectivity index (χ2v) is 4.27. The Morgan fingerprint density at radius 2 is 1.83 bits per heavy atom. The number of carbonyl (C=O) groups is 2. The number of hydrogen-bond donors (Lipinski definition) is 1. The van der Waals surface area contributed by atoms with E-state index in [9.17, 15) is 22.9 Å². The summed E-state index contributed by atoms with van der Waals surface area (Å²) in [6.45, 7) is 3.23. The fourth-order valence-corrected chi connectivity index (χ4v) is 1.18. The van der Waals surface area contributed by atoms with Gasteiger partial charge in [-0.2, -0.15) is 0 Å². The average molecular weight is 271 g/mol. The minimum Gasteiger partial charge on any atom is -0.478 e. The largest absolute Gasteiger partial charge is 0.478 e. The molecule has 0 radical (unpaired) electrons. The predicted octanol–water partition coefficient (Wildman–Crippen LogP) is 2.18. The van der Waals surface area contributed by atoms with E-state index in [0.29, 0.717) is 12.8 Å². The van der Waals surface area contributed by atoms with E-state index in [0.717, 1.165) is 13.8 Å². The van der Waals surface area contributed by atoms with Crippen molar-refractivity contribution in [3.8, 4) is 0 Å². The molecular weight excluding hydrogens is 255 g/mol. The Morgan fingerprint density at radius 3 is 2.17 bits per heavy atom. The van der Waals surface area contributed by atoms with E-state index in [1.807, 2.05) is 0 Å². The quantitative estimate of drug-likeness (QED) is 0.333. The number of alkyl halides is 1. The lowest BCUT2D eigenvalue weighted by molar-refractivity contribution is -0.305. The third-order valence-corrected chi connectivity index (χ3v) is 2.59. The average Bonchev–Trinajstić information content (AvgIpc) is 2.27. The molecule has 0 heterocycles. The maximum atomic E-state index is 13.9. The van der Waals surface area contributed by atoms with Crippen LogP contribution < -0.4 is 0 Å². The molecule has 106 valence electrons. The Morgan fingerprint density at radius 1 is 1.33 bits per heavy atom. The van der Waals surface area contributed by atoms with Crippen LogP contribution in [0.5, 0.6) is 0 Å². The molecule has 0 fully saturated rings. The second kappa shape index (κ2) is 6.03.